The number of carbonyl (C=O) groups is 2. The van der Waals surface area contributed by atoms with Gasteiger partial charge in [-0.05, 0) is 0 Å². The average Bonchev–Trinajstić information content (AvgIpc) is 1.59. The Labute approximate surface area is 94.8 Å². The Kier molecular flexibility index (Phi) is 18.3. The SMILES string of the molecule is O=C(O)C(=O)O.O=P([O-])(O)O.[Fe].[Li+]. The minimum atomic E-state index is -4.89. The van der Waals surface area contributed by atoms with Gasteiger partial charge in [0.15, 0.2) is 0 Å². The predicted octanol–water partition coefficient (Wildman–Crippen LogP) is -5.40. The summed E-state index contributed by atoms with van der Waals surface area (Å²) in [5.74, 6) is -3.65. The van der Waals surface area contributed by atoms with Gasteiger partial charge < -0.3 is 24.9 Å². The first-order valence-corrected chi connectivity index (χ1v) is 3.40. The third kappa shape index (κ3) is 72.4. The second-order valence-electron chi connectivity index (χ2n) is 1.10. The zero-order valence-electron chi connectivity index (χ0n) is 6.22. The van der Waals surface area contributed by atoms with Crippen LogP contribution in [0.15, 0.2) is 0 Å². The summed E-state index contributed by atoms with van der Waals surface area (Å²) in [6.07, 6.45) is 0. The standard InChI is InChI=1S/C2H2O4.Fe.Li.H3O4P/c3-1(4)2(5)6;;;1-5(2,3)4/h(H,3,4)(H,5,6);;;(H3,1,2,3,4)/q;;+1;/p-1. The topological polar surface area (TPSA) is 155 Å². The molecule has 0 aliphatic heterocycles. The van der Waals surface area contributed by atoms with Gasteiger partial charge in [0.2, 0.25) is 0 Å². The van der Waals surface area contributed by atoms with Gasteiger partial charge in [0, 0.05) is 17.1 Å². The third-order valence-electron chi connectivity index (χ3n) is 0.183. The molecule has 0 bridgehead atoms. The molecule has 0 radical (unpaired) electrons. The molecular weight excluding hydrogens is 246 g/mol. The fraction of sp³-hybridized carbons (Fsp3) is 0. The molecule has 0 rings (SSSR count). The zero-order chi connectivity index (χ0) is 9.65. The third-order valence-corrected chi connectivity index (χ3v) is 0.183. The Morgan fingerprint density at radius 3 is 1.15 bits per heavy atom. The van der Waals surface area contributed by atoms with Gasteiger partial charge in [0.25, 0.3) is 7.82 Å². The quantitative estimate of drug-likeness (QED) is 0.188. The Hall–Kier alpha value is 0.167. The summed E-state index contributed by atoms with van der Waals surface area (Å²) >= 11 is 0. The first-order chi connectivity index (χ1) is 4.64. The molecule has 0 aromatic heterocycles. The van der Waals surface area contributed by atoms with E-state index >= 15 is 0 Å². The molecule has 74 valence electrons. The van der Waals surface area contributed by atoms with E-state index in [1.165, 1.54) is 0 Å². The largest absolute Gasteiger partial charge is 1.00 e. The van der Waals surface area contributed by atoms with E-state index in [0.717, 1.165) is 0 Å². The molecule has 0 saturated carbocycles. The van der Waals surface area contributed by atoms with Crippen LogP contribution in [0.25, 0.3) is 0 Å². The number of aliphatic carboxylic acids is 2. The van der Waals surface area contributed by atoms with Crippen molar-refractivity contribution in [3.05, 3.63) is 0 Å². The van der Waals surface area contributed by atoms with E-state index < -0.39 is 19.8 Å². The monoisotopic (exact) mass is 250 g/mol. The van der Waals surface area contributed by atoms with Gasteiger partial charge >= 0.3 is 30.8 Å². The van der Waals surface area contributed by atoms with Crippen molar-refractivity contribution in [3.63, 3.8) is 0 Å². The van der Waals surface area contributed by atoms with Crippen molar-refractivity contribution in [2.45, 2.75) is 0 Å². The molecule has 0 aliphatic rings. The molecule has 0 amide bonds. The number of carboxylic acids is 2. The van der Waals surface area contributed by atoms with Crippen LogP contribution in [-0.4, -0.2) is 31.9 Å². The van der Waals surface area contributed by atoms with Crippen LogP contribution in [0.5, 0.6) is 0 Å². The molecule has 0 spiro atoms. The van der Waals surface area contributed by atoms with E-state index in [1.807, 2.05) is 0 Å². The van der Waals surface area contributed by atoms with Crippen molar-refractivity contribution >= 4 is 19.8 Å². The van der Waals surface area contributed by atoms with Crippen molar-refractivity contribution in [1.82, 2.24) is 0 Å². The summed E-state index contributed by atoms with van der Waals surface area (Å²) < 4.78 is 8.77. The molecule has 0 aliphatic carbocycles. The van der Waals surface area contributed by atoms with Crippen LogP contribution in [0.2, 0.25) is 0 Å². The van der Waals surface area contributed by atoms with Gasteiger partial charge in [0.05, 0.1) is 0 Å². The maximum atomic E-state index is 9.10. The number of rotatable bonds is 0. The van der Waals surface area contributed by atoms with Crippen molar-refractivity contribution in [2.24, 2.45) is 0 Å². The van der Waals surface area contributed by atoms with Gasteiger partial charge in [0.1, 0.15) is 0 Å². The first kappa shape index (κ1) is 23.2. The smallest absolute Gasteiger partial charge is 0.756 e. The predicted molar refractivity (Wildman–Crippen MR) is 27.3 cm³/mol. The Bertz CT molecular complexity index is 178. The molecule has 0 unspecified atom stereocenters. The van der Waals surface area contributed by atoms with Gasteiger partial charge in [-0.2, -0.15) is 0 Å². The molecule has 11 heteroatoms. The van der Waals surface area contributed by atoms with Crippen LogP contribution >= 0.6 is 7.82 Å². The van der Waals surface area contributed by atoms with E-state index in [0.29, 0.717) is 0 Å². The molecular formula is C2H4FeLiO8P. The van der Waals surface area contributed by atoms with Crippen molar-refractivity contribution in [2.75, 3.05) is 0 Å². The van der Waals surface area contributed by atoms with Crippen LogP contribution in [0.4, 0.5) is 0 Å². The summed E-state index contributed by atoms with van der Waals surface area (Å²) in [7, 11) is -4.89. The van der Waals surface area contributed by atoms with Crippen LogP contribution in [0.3, 0.4) is 0 Å². The second-order valence-corrected chi connectivity index (χ2v) is 2.08. The molecule has 13 heavy (non-hydrogen) atoms. The van der Waals surface area contributed by atoms with Crippen molar-refractivity contribution in [1.29, 1.82) is 0 Å². The van der Waals surface area contributed by atoms with E-state index in [1.54, 1.807) is 0 Å². The van der Waals surface area contributed by atoms with Crippen LogP contribution in [-0.2, 0) is 31.2 Å². The summed E-state index contributed by atoms with van der Waals surface area (Å²) in [6, 6.07) is 0. The first-order valence-electron chi connectivity index (χ1n) is 1.87. The zero-order valence-corrected chi connectivity index (χ0v) is 8.22. The fourth-order valence-electron chi connectivity index (χ4n) is 0. The molecule has 0 aromatic rings. The van der Waals surface area contributed by atoms with E-state index in [2.05, 4.69) is 0 Å². The fourth-order valence-corrected chi connectivity index (χ4v) is 0. The van der Waals surface area contributed by atoms with Gasteiger partial charge in [-0.15, -0.1) is 0 Å². The molecule has 0 heterocycles. The molecule has 8 nitrogen and oxygen atoms in total. The maximum Gasteiger partial charge on any atom is 1.00 e. The van der Waals surface area contributed by atoms with Crippen LogP contribution in [0, 0.1) is 0 Å². The number of hydrogen-bond donors (Lipinski definition) is 4. The summed E-state index contributed by atoms with van der Waals surface area (Å²) in [6.45, 7) is 0. The molecule has 0 fully saturated rings. The Morgan fingerprint density at radius 2 is 1.15 bits per heavy atom. The van der Waals surface area contributed by atoms with E-state index in [9.17, 15) is 0 Å². The van der Waals surface area contributed by atoms with Crippen LogP contribution < -0.4 is 23.8 Å². The minimum absolute atomic E-state index is 0. The van der Waals surface area contributed by atoms with Gasteiger partial charge in [-0.25, -0.2) is 9.59 Å². The summed E-state index contributed by atoms with van der Waals surface area (Å²) in [4.78, 5) is 41.1. The van der Waals surface area contributed by atoms with E-state index in [4.69, 9.17) is 39.0 Å². The minimum Gasteiger partial charge on any atom is -0.756 e. The summed E-state index contributed by atoms with van der Waals surface area (Å²) in [5, 5.41) is 14.8. The van der Waals surface area contributed by atoms with Gasteiger partial charge in [-0.3, -0.25) is 4.57 Å². The Balaban J connectivity index is -0.0000000546. The van der Waals surface area contributed by atoms with Crippen LogP contribution in [0.1, 0.15) is 0 Å². The maximum absolute atomic E-state index is 9.10. The summed E-state index contributed by atoms with van der Waals surface area (Å²) in [5.41, 5.74) is 0. The van der Waals surface area contributed by atoms with Crippen molar-refractivity contribution in [3.8, 4) is 0 Å². The van der Waals surface area contributed by atoms with E-state index in [-0.39, 0.29) is 35.9 Å². The molecule has 0 atom stereocenters. The number of carboxylic acid groups (broad SMARTS) is 2. The second kappa shape index (κ2) is 10.2. The number of hydrogen-bond acceptors (Lipinski definition) is 4. The van der Waals surface area contributed by atoms with Gasteiger partial charge in [-0.1, -0.05) is 0 Å². The average molecular weight is 250 g/mol. The van der Waals surface area contributed by atoms with Crippen molar-refractivity contribution < 1.29 is 75.0 Å². The molecule has 0 aromatic carbocycles. The molecule has 0 saturated heterocycles. The Morgan fingerprint density at radius 1 is 1.08 bits per heavy atom. The number of phosphoric acid groups is 1. The molecule has 4 N–H and O–H groups in total. The normalized spacial score (nSPS) is 7.92.